The van der Waals surface area contributed by atoms with Gasteiger partial charge < -0.3 is 9.67 Å². The van der Waals surface area contributed by atoms with Crippen LogP contribution in [0.3, 0.4) is 0 Å². The van der Waals surface area contributed by atoms with E-state index in [-0.39, 0.29) is 0 Å². The average Bonchev–Trinajstić information content (AvgIpc) is 2.80. The number of imidazole rings is 1. The summed E-state index contributed by atoms with van der Waals surface area (Å²) >= 11 is 0. The Morgan fingerprint density at radius 3 is 2.62 bits per heavy atom. The van der Waals surface area contributed by atoms with Crippen LogP contribution in [0.2, 0.25) is 0 Å². The third-order valence-corrected chi connectivity index (χ3v) is 2.26. The van der Waals surface area contributed by atoms with Gasteiger partial charge in [-0.2, -0.15) is 0 Å². The van der Waals surface area contributed by atoms with Crippen LogP contribution >= 0.6 is 0 Å². The molecule has 0 amide bonds. The van der Waals surface area contributed by atoms with Crippen molar-refractivity contribution in [1.82, 2.24) is 9.55 Å². The van der Waals surface area contributed by atoms with Crippen LogP contribution in [0, 0.1) is 0 Å². The lowest BCUT2D eigenvalue weighted by atomic mass is 10.2. The molecule has 2 rings (SSSR count). The first-order valence-corrected chi connectivity index (χ1v) is 5.20. The van der Waals surface area contributed by atoms with Crippen molar-refractivity contribution in [3.05, 3.63) is 54.6 Å². The fourth-order valence-electron chi connectivity index (χ4n) is 1.42. The summed E-state index contributed by atoms with van der Waals surface area (Å²) in [4.78, 5) is 4.00. The predicted molar refractivity (Wildman–Crippen MR) is 64.3 cm³/mol. The zero-order chi connectivity index (χ0) is 11.4. The number of nitrogens with zero attached hydrogens (tertiary/aromatic N) is 2. The Balaban J connectivity index is 2.17. The van der Waals surface area contributed by atoms with E-state index >= 15 is 0 Å². The number of hydrogen-bond acceptors (Lipinski definition) is 2. The SMILES string of the molecule is CC(O)/C=C/c1ccc(-n2ccnc2)cc1. The Labute approximate surface area is 94.7 Å². The van der Waals surface area contributed by atoms with Gasteiger partial charge in [0.2, 0.25) is 0 Å². The number of aromatic nitrogens is 2. The van der Waals surface area contributed by atoms with E-state index in [9.17, 15) is 0 Å². The van der Waals surface area contributed by atoms with Crippen LogP contribution < -0.4 is 0 Å². The van der Waals surface area contributed by atoms with E-state index in [1.165, 1.54) is 0 Å². The fraction of sp³-hybridized carbons (Fsp3) is 0.154. The van der Waals surface area contributed by atoms with Crippen molar-refractivity contribution in [2.24, 2.45) is 0 Å². The lowest BCUT2D eigenvalue weighted by molar-refractivity contribution is 0.245. The summed E-state index contributed by atoms with van der Waals surface area (Å²) < 4.78 is 1.95. The minimum Gasteiger partial charge on any atom is -0.389 e. The van der Waals surface area contributed by atoms with Gasteiger partial charge in [-0.05, 0) is 24.6 Å². The second-order valence-electron chi connectivity index (χ2n) is 3.66. The van der Waals surface area contributed by atoms with Gasteiger partial charge in [0.15, 0.2) is 0 Å². The summed E-state index contributed by atoms with van der Waals surface area (Å²) in [5.41, 5.74) is 2.15. The summed E-state index contributed by atoms with van der Waals surface area (Å²) in [5.74, 6) is 0. The minimum atomic E-state index is -0.409. The molecule has 1 N–H and O–H groups in total. The fourth-order valence-corrected chi connectivity index (χ4v) is 1.42. The van der Waals surface area contributed by atoms with Crippen molar-refractivity contribution in [2.75, 3.05) is 0 Å². The molecule has 0 spiro atoms. The van der Waals surface area contributed by atoms with Crippen LogP contribution in [0.1, 0.15) is 12.5 Å². The number of aliphatic hydroxyl groups is 1. The molecule has 1 unspecified atom stereocenters. The van der Waals surface area contributed by atoms with Crippen LogP contribution in [0.15, 0.2) is 49.1 Å². The first-order chi connectivity index (χ1) is 7.75. The van der Waals surface area contributed by atoms with E-state index in [1.807, 2.05) is 41.1 Å². The van der Waals surface area contributed by atoms with Gasteiger partial charge in [0, 0.05) is 18.1 Å². The number of hydrogen-bond donors (Lipinski definition) is 1. The molecule has 0 saturated heterocycles. The molecular formula is C13H14N2O. The van der Waals surface area contributed by atoms with E-state index < -0.39 is 6.10 Å². The number of aliphatic hydroxyl groups excluding tert-OH is 1. The molecule has 0 aliphatic rings. The maximum absolute atomic E-state index is 9.12. The molecule has 2 aromatic rings. The summed E-state index contributed by atoms with van der Waals surface area (Å²) in [7, 11) is 0. The Morgan fingerprint density at radius 2 is 2.06 bits per heavy atom. The molecule has 0 aliphatic carbocycles. The van der Waals surface area contributed by atoms with Gasteiger partial charge in [-0.25, -0.2) is 4.98 Å². The van der Waals surface area contributed by atoms with Crippen molar-refractivity contribution in [3.8, 4) is 5.69 Å². The molecule has 0 bridgehead atoms. The normalized spacial score (nSPS) is 13.1. The zero-order valence-corrected chi connectivity index (χ0v) is 9.12. The van der Waals surface area contributed by atoms with E-state index in [2.05, 4.69) is 4.98 Å². The number of benzene rings is 1. The maximum Gasteiger partial charge on any atom is 0.0991 e. The summed E-state index contributed by atoms with van der Waals surface area (Å²) in [6, 6.07) is 8.05. The van der Waals surface area contributed by atoms with Crippen LogP contribution in [0.25, 0.3) is 11.8 Å². The lowest BCUT2D eigenvalue weighted by Gasteiger charge is -2.02. The smallest absolute Gasteiger partial charge is 0.0991 e. The van der Waals surface area contributed by atoms with Crippen molar-refractivity contribution < 1.29 is 5.11 Å². The first kappa shape index (κ1) is 10.6. The van der Waals surface area contributed by atoms with Gasteiger partial charge in [-0.3, -0.25) is 0 Å². The lowest BCUT2D eigenvalue weighted by Crippen LogP contribution is -1.92. The zero-order valence-electron chi connectivity index (χ0n) is 9.12. The summed E-state index contributed by atoms with van der Waals surface area (Å²) in [6.45, 7) is 1.73. The highest BCUT2D eigenvalue weighted by Gasteiger charge is 1.94. The molecule has 82 valence electrons. The topological polar surface area (TPSA) is 38.0 Å². The van der Waals surface area contributed by atoms with E-state index in [0.717, 1.165) is 11.3 Å². The summed E-state index contributed by atoms with van der Waals surface area (Å²) in [6.07, 6.45) is 8.67. The van der Waals surface area contributed by atoms with Crippen LogP contribution in [-0.4, -0.2) is 20.8 Å². The molecule has 16 heavy (non-hydrogen) atoms. The van der Waals surface area contributed by atoms with Crippen LogP contribution in [-0.2, 0) is 0 Å². The Morgan fingerprint density at radius 1 is 1.31 bits per heavy atom. The number of rotatable bonds is 3. The molecule has 1 atom stereocenters. The van der Waals surface area contributed by atoms with Gasteiger partial charge in [-0.1, -0.05) is 24.3 Å². The second kappa shape index (κ2) is 4.77. The highest BCUT2D eigenvalue weighted by atomic mass is 16.3. The molecule has 0 saturated carbocycles. The van der Waals surface area contributed by atoms with Gasteiger partial charge in [0.05, 0.1) is 12.4 Å². The molecule has 1 heterocycles. The van der Waals surface area contributed by atoms with Crippen molar-refractivity contribution in [3.63, 3.8) is 0 Å². The van der Waals surface area contributed by atoms with Gasteiger partial charge in [-0.15, -0.1) is 0 Å². The standard InChI is InChI=1S/C13H14N2O/c1-11(16)2-3-12-4-6-13(7-5-12)15-9-8-14-10-15/h2-11,16H,1H3/b3-2+. The summed E-state index contributed by atoms with van der Waals surface area (Å²) in [5, 5.41) is 9.12. The molecule has 0 aliphatic heterocycles. The molecular weight excluding hydrogens is 200 g/mol. The van der Waals surface area contributed by atoms with Crippen LogP contribution in [0.4, 0.5) is 0 Å². The average molecular weight is 214 g/mol. The van der Waals surface area contributed by atoms with Gasteiger partial charge in [0.25, 0.3) is 0 Å². The third-order valence-electron chi connectivity index (χ3n) is 2.26. The highest BCUT2D eigenvalue weighted by Crippen LogP contribution is 2.10. The minimum absolute atomic E-state index is 0.409. The molecule has 3 heteroatoms. The Kier molecular flexibility index (Phi) is 3.17. The molecule has 0 radical (unpaired) electrons. The third kappa shape index (κ3) is 2.58. The van der Waals surface area contributed by atoms with Crippen molar-refractivity contribution in [2.45, 2.75) is 13.0 Å². The molecule has 3 nitrogen and oxygen atoms in total. The van der Waals surface area contributed by atoms with Crippen molar-refractivity contribution in [1.29, 1.82) is 0 Å². The van der Waals surface area contributed by atoms with Crippen LogP contribution in [0.5, 0.6) is 0 Å². The van der Waals surface area contributed by atoms with E-state index in [1.54, 1.807) is 25.5 Å². The predicted octanol–water partition coefficient (Wildman–Crippen LogP) is 2.27. The monoisotopic (exact) mass is 214 g/mol. The van der Waals surface area contributed by atoms with Gasteiger partial charge >= 0.3 is 0 Å². The maximum atomic E-state index is 9.12. The largest absolute Gasteiger partial charge is 0.389 e. The quantitative estimate of drug-likeness (QED) is 0.851. The van der Waals surface area contributed by atoms with Crippen molar-refractivity contribution >= 4 is 6.08 Å². The second-order valence-corrected chi connectivity index (χ2v) is 3.66. The van der Waals surface area contributed by atoms with Gasteiger partial charge in [0.1, 0.15) is 0 Å². The molecule has 0 fully saturated rings. The molecule has 1 aromatic heterocycles. The highest BCUT2D eigenvalue weighted by molar-refractivity contribution is 5.52. The Hall–Kier alpha value is -1.87. The van der Waals surface area contributed by atoms with E-state index in [4.69, 9.17) is 5.11 Å². The van der Waals surface area contributed by atoms with E-state index in [0.29, 0.717) is 0 Å². The Bertz CT molecular complexity index is 455. The molecule has 1 aromatic carbocycles. The first-order valence-electron chi connectivity index (χ1n) is 5.20.